The number of ether oxygens (including phenoxy) is 2. The quantitative estimate of drug-likeness (QED) is 0.134. The zero-order chi connectivity index (χ0) is 32.1. The van der Waals surface area contributed by atoms with E-state index >= 15 is 0 Å². The van der Waals surface area contributed by atoms with Crippen LogP contribution in [0.5, 0.6) is 5.75 Å². The van der Waals surface area contributed by atoms with Gasteiger partial charge in [-0.2, -0.15) is 0 Å². The van der Waals surface area contributed by atoms with Gasteiger partial charge in [-0.3, -0.25) is 4.79 Å². The van der Waals surface area contributed by atoms with Gasteiger partial charge in [0.05, 0.1) is 6.61 Å². The topological polar surface area (TPSA) is 80.2 Å². The highest BCUT2D eigenvalue weighted by atomic mass is 79.9. The first-order chi connectivity index (χ1) is 22.4. The normalized spacial score (nSPS) is 17.4. The highest BCUT2D eigenvalue weighted by molar-refractivity contribution is 9.10. The summed E-state index contributed by atoms with van der Waals surface area (Å²) in [7, 11) is 0. The molecular formula is C37H31BrCl2N2O4. The summed E-state index contributed by atoms with van der Waals surface area (Å²) in [5.74, 6) is 0.664. The van der Waals surface area contributed by atoms with E-state index in [0.717, 1.165) is 26.4 Å². The molecule has 2 atom stereocenters. The Hall–Kier alpha value is -3.88. The molecule has 0 spiro atoms. The molecule has 0 saturated carbocycles. The highest BCUT2D eigenvalue weighted by Gasteiger charge is 2.54. The minimum absolute atomic E-state index is 0.0551. The molecule has 0 aromatic heterocycles. The maximum atomic E-state index is 14.7. The van der Waals surface area contributed by atoms with Crippen molar-refractivity contribution in [2.24, 2.45) is 4.99 Å². The number of carbonyl (C=O) groups excluding carboxylic acids is 1. The van der Waals surface area contributed by atoms with Gasteiger partial charge in [-0.15, -0.1) is 0 Å². The molecule has 0 fully saturated rings. The molecule has 0 aliphatic carbocycles. The number of carbonyl (C=O) groups is 1. The van der Waals surface area contributed by atoms with Gasteiger partial charge in [0.1, 0.15) is 5.75 Å². The lowest BCUT2D eigenvalue weighted by Crippen LogP contribution is -2.49. The van der Waals surface area contributed by atoms with Crippen LogP contribution in [0.1, 0.15) is 34.8 Å². The molecule has 9 heteroatoms. The number of rotatable bonds is 11. The first-order valence-electron chi connectivity index (χ1n) is 14.9. The van der Waals surface area contributed by atoms with Crippen LogP contribution in [0, 0.1) is 0 Å². The van der Waals surface area contributed by atoms with Crippen molar-refractivity contribution in [1.29, 1.82) is 0 Å². The SMILES string of the molecule is O=C(NCc1cccc2ccccc12)[C@]1(Cc2ccccc2Br)N=C(c2ccc(OCCCO)cc2)O[C@@H]1c1ccc(Cl)cc1Cl. The number of halogens is 3. The zero-order valence-corrected chi connectivity index (χ0v) is 27.9. The van der Waals surface area contributed by atoms with Gasteiger partial charge in [-0.1, -0.05) is 106 Å². The van der Waals surface area contributed by atoms with E-state index in [1.807, 2.05) is 72.8 Å². The molecular weight excluding hydrogens is 687 g/mol. The minimum atomic E-state index is -1.43. The molecule has 2 N–H and O–H groups in total. The molecule has 1 aliphatic heterocycles. The molecule has 234 valence electrons. The third-order valence-electron chi connectivity index (χ3n) is 8.01. The number of hydrogen-bond acceptors (Lipinski definition) is 5. The Morgan fingerprint density at radius 2 is 1.67 bits per heavy atom. The molecule has 0 saturated heterocycles. The molecule has 46 heavy (non-hydrogen) atoms. The average molecular weight is 718 g/mol. The Labute approximate surface area is 286 Å². The minimum Gasteiger partial charge on any atom is -0.494 e. The van der Waals surface area contributed by atoms with Gasteiger partial charge in [0.15, 0.2) is 11.6 Å². The van der Waals surface area contributed by atoms with Crippen LogP contribution < -0.4 is 10.1 Å². The van der Waals surface area contributed by atoms with Crippen molar-refractivity contribution in [2.45, 2.75) is 31.0 Å². The van der Waals surface area contributed by atoms with Gasteiger partial charge < -0.3 is 19.9 Å². The van der Waals surface area contributed by atoms with E-state index in [1.165, 1.54) is 0 Å². The first-order valence-corrected chi connectivity index (χ1v) is 16.5. The molecule has 0 radical (unpaired) electrons. The predicted molar refractivity (Wildman–Crippen MR) is 187 cm³/mol. The number of aliphatic hydroxyl groups is 1. The monoisotopic (exact) mass is 716 g/mol. The van der Waals surface area contributed by atoms with E-state index in [-0.39, 0.29) is 18.9 Å². The number of aliphatic hydroxyl groups excluding tert-OH is 1. The van der Waals surface area contributed by atoms with Crippen molar-refractivity contribution >= 4 is 61.7 Å². The summed E-state index contributed by atoms with van der Waals surface area (Å²) in [6, 6.07) is 34.4. The molecule has 1 heterocycles. The van der Waals surface area contributed by atoms with Gasteiger partial charge >= 0.3 is 0 Å². The third kappa shape index (κ3) is 6.79. The van der Waals surface area contributed by atoms with Crippen LogP contribution in [0.2, 0.25) is 10.0 Å². The Morgan fingerprint density at radius 1 is 0.935 bits per heavy atom. The first kappa shape index (κ1) is 32.1. The fraction of sp³-hybridized carbons (Fsp3) is 0.189. The summed E-state index contributed by atoms with van der Waals surface area (Å²) < 4.78 is 13.2. The summed E-state index contributed by atoms with van der Waals surface area (Å²) >= 11 is 16.8. The summed E-state index contributed by atoms with van der Waals surface area (Å²) in [4.78, 5) is 19.8. The fourth-order valence-corrected chi connectivity index (χ4v) is 6.61. The molecule has 0 unspecified atom stereocenters. The van der Waals surface area contributed by atoms with E-state index in [2.05, 4.69) is 39.4 Å². The van der Waals surface area contributed by atoms with Crippen LogP contribution in [0.25, 0.3) is 10.8 Å². The number of nitrogens with zero attached hydrogens (tertiary/aromatic N) is 1. The maximum absolute atomic E-state index is 14.7. The second-order valence-corrected chi connectivity index (χ2v) is 12.7. The second-order valence-electron chi connectivity index (χ2n) is 11.0. The second kappa shape index (κ2) is 14.3. The Bertz CT molecular complexity index is 1890. The number of benzene rings is 5. The lowest BCUT2D eigenvalue weighted by Gasteiger charge is -2.31. The lowest BCUT2D eigenvalue weighted by molar-refractivity contribution is -0.129. The van der Waals surface area contributed by atoms with Crippen LogP contribution in [-0.4, -0.2) is 35.7 Å². The smallest absolute Gasteiger partial charge is 0.252 e. The number of amides is 1. The van der Waals surface area contributed by atoms with Gasteiger partial charge in [0, 0.05) is 51.6 Å². The van der Waals surface area contributed by atoms with Crippen molar-refractivity contribution in [1.82, 2.24) is 5.32 Å². The maximum Gasteiger partial charge on any atom is 0.252 e. The molecule has 1 amide bonds. The Balaban J connectivity index is 1.43. The fourth-order valence-electron chi connectivity index (χ4n) is 5.68. The summed E-state index contributed by atoms with van der Waals surface area (Å²) in [6.07, 6.45) is -0.106. The van der Waals surface area contributed by atoms with Crippen LogP contribution >= 0.6 is 39.1 Å². The van der Waals surface area contributed by atoms with Crippen molar-refractivity contribution in [2.75, 3.05) is 13.2 Å². The van der Waals surface area contributed by atoms with Gasteiger partial charge in [0.25, 0.3) is 5.91 Å². The third-order valence-corrected chi connectivity index (χ3v) is 9.35. The molecule has 0 bridgehead atoms. The van der Waals surface area contributed by atoms with E-state index in [4.69, 9.17) is 42.8 Å². The molecule has 5 aromatic rings. The van der Waals surface area contributed by atoms with Crippen molar-refractivity contribution in [3.8, 4) is 5.75 Å². The number of hydrogen-bond donors (Lipinski definition) is 2. The number of fused-ring (bicyclic) bond motifs is 1. The van der Waals surface area contributed by atoms with Gasteiger partial charge in [-0.25, -0.2) is 4.99 Å². The molecule has 6 nitrogen and oxygen atoms in total. The van der Waals surface area contributed by atoms with Crippen LogP contribution in [0.3, 0.4) is 0 Å². The van der Waals surface area contributed by atoms with Crippen LogP contribution in [0.4, 0.5) is 0 Å². The van der Waals surface area contributed by atoms with Crippen molar-refractivity contribution in [3.05, 3.63) is 146 Å². The molecule has 5 aromatic carbocycles. The Kier molecular flexibility index (Phi) is 9.95. The van der Waals surface area contributed by atoms with E-state index in [9.17, 15) is 4.79 Å². The van der Waals surface area contributed by atoms with Crippen LogP contribution in [0.15, 0.2) is 119 Å². The number of nitrogens with one attached hydrogen (secondary N) is 1. The Morgan fingerprint density at radius 3 is 2.46 bits per heavy atom. The largest absolute Gasteiger partial charge is 0.494 e. The van der Waals surface area contributed by atoms with Gasteiger partial charge in [-0.05, 0) is 64.4 Å². The molecule has 1 aliphatic rings. The van der Waals surface area contributed by atoms with Crippen LogP contribution in [-0.2, 0) is 22.5 Å². The van der Waals surface area contributed by atoms with Crippen molar-refractivity contribution < 1.29 is 19.4 Å². The average Bonchev–Trinajstić information content (AvgIpc) is 3.45. The zero-order valence-electron chi connectivity index (χ0n) is 24.8. The summed E-state index contributed by atoms with van der Waals surface area (Å²) in [5, 5.41) is 15.3. The summed E-state index contributed by atoms with van der Waals surface area (Å²) in [5.41, 5.74) is 1.72. The van der Waals surface area contributed by atoms with Gasteiger partial charge in [0.2, 0.25) is 5.90 Å². The number of aliphatic imine (C=N–C) groups is 1. The van der Waals surface area contributed by atoms with E-state index in [1.54, 1.807) is 18.2 Å². The predicted octanol–water partition coefficient (Wildman–Crippen LogP) is 8.49. The lowest BCUT2D eigenvalue weighted by atomic mass is 9.82. The molecule has 6 rings (SSSR count). The van der Waals surface area contributed by atoms with E-state index < -0.39 is 11.6 Å². The highest BCUT2D eigenvalue weighted by Crippen LogP contribution is 2.45. The van der Waals surface area contributed by atoms with E-state index in [0.29, 0.717) is 52.4 Å². The summed E-state index contributed by atoms with van der Waals surface area (Å²) in [6.45, 7) is 0.750. The standard InChI is InChI=1S/C37H31BrCl2N2O4/c38-32-12-4-2-8-26(32)22-37(36(44)41-23-27-10-5-9-24-7-1-3-11-30(24)27)34(31-18-15-28(39)21-33(31)40)46-35(42-37)25-13-16-29(17-14-25)45-20-6-19-43/h1-5,7-18,21,34,43H,6,19-20,22-23H2,(H,41,44)/t34-,37-/m1/s1. The van der Waals surface area contributed by atoms with Crippen molar-refractivity contribution in [3.63, 3.8) is 0 Å².